The third-order valence-electron chi connectivity index (χ3n) is 3.65. The van der Waals surface area contributed by atoms with Crippen LogP contribution in [0, 0.1) is 11.3 Å². The Hall–Kier alpha value is -2.02. The minimum atomic E-state index is -0.731. The SMILES string of the molecule is N#Cc1ccc(N2CCCCC2CCC(=O)O)cc1. The first-order valence-electron chi connectivity index (χ1n) is 6.69. The maximum absolute atomic E-state index is 10.7. The number of rotatable bonds is 4. The van der Waals surface area contributed by atoms with Gasteiger partial charge in [-0.2, -0.15) is 5.26 Å². The van der Waals surface area contributed by atoms with Gasteiger partial charge in [-0.05, 0) is 49.9 Å². The van der Waals surface area contributed by atoms with Crippen molar-refractivity contribution in [2.24, 2.45) is 0 Å². The van der Waals surface area contributed by atoms with Crippen molar-refractivity contribution < 1.29 is 9.90 Å². The van der Waals surface area contributed by atoms with Crippen LogP contribution >= 0.6 is 0 Å². The fourth-order valence-corrected chi connectivity index (χ4v) is 2.66. The van der Waals surface area contributed by atoms with Gasteiger partial charge in [-0.25, -0.2) is 0 Å². The summed E-state index contributed by atoms with van der Waals surface area (Å²) in [7, 11) is 0. The van der Waals surface area contributed by atoms with Crippen LogP contribution in [0.4, 0.5) is 5.69 Å². The van der Waals surface area contributed by atoms with Crippen LogP contribution in [0.3, 0.4) is 0 Å². The molecule has 19 heavy (non-hydrogen) atoms. The number of hydrogen-bond acceptors (Lipinski definition) is 3. The van der Waals surface area contributed by atoms with Gasteiger partial charge in [0.25, 0.3) is 0 Å². The van der Waals surface area contributed by atoms with E-state index in [1.165, 1.54) is 0 Å². The summed E-state index contributed by atoms with van der Waals surface area (Å²) in [5.74, 6) is -0.731. The summed E-state index contributed by atoms with van der Waals surface area (Å²) in [4.78, 5) is 13.0. The smallest absolute Gasteiger partial charge is 0.303 e. The van der Waals surface area contributed by atoms with Crippen LogP contribution < -0.4 is 4.90 Å². The molecule has 0 bridgehead atoms. The van der Waals surface area contributed by atoms with Gasteiger partial charge in [0.2, 0.25) is 0 Å². The Morgan fingerprint density at radius 1 is 1.37 bits per heavy atom. The predicted octanol–water partition coefficient (Wildman–Crippen LogP) is 2.78. The zero-order chi connectivity index (χ0) is 13.7. The molecule has 1 aromatic carbocycles. The lowest BCUT2D eigenvalue weighted by Gasteiger charge is -2.37. The molecule has 4 nitrogen and oxygen atoms in total. The highest BCUT2D eigenvalue weighted by molar-refractivity contribution is 5.66. The second kappa shape index (κ2) is 6.24. The molecular formula is C15H18N2O2. The van der Waals surface area contributed by atoms with Crippen molar-refractivity contribution in [3.05, 3.63) is 29.8 Å². The minimum Gasteiger partial charge on any atom is -0.481 e. The maximum atomic E-state index is 10.7. The molecule has 1 aliphatic heterocycles. The van der Waals surface area contributed by atoms with Gasteiger partial charge >= 0.3 is 5.97 Å². The van der Waals surface area contributed by atoms with Crippen LogP contribution in [-0.2, 0) is 4.79 Å². The Balaban J connectivity index is 2.09. The quantitative estimate of drug-likeness (QED) is 0.902. The Bertz CT molecular complexity index is 476. The number of aliphatic carboxylic acids is 1. The van der Waals surface area contributed by atoms with Gasteiger partial charge in [0.05, 0.1) is 11.6 Å². The standard InChI is InChI=1S/C15H18N2O2/c16-11-12-4-6-14(7-5-12)17-10-2-1-3-13(17)8-9-15(18)19/h4-7,13H,1-3,8-10H2,(H,18,19). The summed E-state index contributed by atoms with van der Waals surface area (Å²) in [5.41, 5.74) is 1.75. The van der Waals surface area contributed by atoms with Crippen molar-refractivity contribution in [3.8, 4) is 6.07 Å². The highest BCUT2D eigenvalue weighted by Crippen LogP contribution is 2.27. The van der Waals surface area contributed by atoms with E-state index >= 15 is 0 Å². The highest BCUT2D eigenvalue weighted by atomic mass is 16.4. The summed E-state index contributed by atoms with van der Waals surface area (Å²) in [6.07, 6.45) is 4.26. The maximum Gasteiger partial charge on any atom is 0.303 e. The number of nitriles is 1. The van der Waals surface area contributed by atoms with E-state index in [0.717, 1.165) is 31.5 Å². The van der Waals surface area contributed by atoms with Gasteiger partial charge in [0.1, 0.15) is 0 Å². The van der Waals surface area contributed by atoms with Crippen molar-refractivity contribution in [2.45, 2.75) is 38.1 Å². The summed E-state index contributed by atoms with van der Waals surface area (Å²) >= 11 is 0. The monoisotopic (exact) mass is 258 g/mol. The zero-order valence-corrected chi connectivity index (χ0v) is 10.9. The number of carboxylic acid groups (broad SMARTS) is 1. The van der Waals surface area contributed by atoms with Gasteiger partial charge in [0, 0.05) is 24.7 Å². The van der Waals surface area contributed by atoms with E-state index in [9.17, 15) is 4.79 Å². The molecular weight excluding hydrogens is 240 g/mol. The molecule has 1 heterocycles. The van der Waals surface area contributed by atoms with Gasteiger partial charge in [-0.15, -0.1) is 0 Å². The number of piperidine rings is 1. The Morgan fingerprint density at radius 3 is 2.74 bits per heavy atom. The van der Waals surface area contributed by atoms with E-state index < -0.39 is 5.97 Å². The van der Waals surface area contributed by atoms with Crippen LogP contribution in [0.25, 0.3) is 0 Å². The summed E-state index contributed by atoms with van der Waals surface area (Å²) in [6.45, 7) is 0.968. The fraction of sp³-hybridized carbons (Fsp3) is 0.467. The van der Waals surface area contributed by atoms with Crippen LogP contribution in [-0.4, -0.2) is 23.7 Å². The Morgan fingerprint density at radius 2 is 2.11 bits per heavy atom. The van der Waals surface area contributed by atoms with Crippen LogP contribution in [0.2, 0.25) is 0 Å². The molecule has 4 heteroatoms. The minimum absolute atomic E-state index is 0.220. The van der Waals surface area contributed by atoms with Gasteiger partial charge in [-0.3, -0.25) is 4.79 Å². The Labute approximate surface area is 113 Å². The lowest BCUT2D eigenvalue weighted by atomic mass is 9.97. The predicted molar refractivity (Wildman–Crippen MR) is 73.0 cm³/mol. The molecule has 1 aromatic rings. The second-order valence-electron chi connectivity index (χ2n) is 4.93. The first-order valence-corrected chi connectivity index (χ1v) is 6.69. The summed E-state index contributed by atoms with van der Waals surface area (Å²) in [5, 5.41) is 17.6. The number of anilines is 1. The van der Waals surface area contributed by atoms with Crippen molar-refractivity contribution in [3.63, 3.8) is 0 Å². The van der Waals surface area contributed by atoms with E-state index in [4.69, 9.17) is 10.4 Å². The van der Waals surface area contributed by atoms with Crippen molar-refractivity contribution >= 4 is 11.7 Å². The highest BCUT2D eigenvalue weighted by Gasteiger charge is 2.23. The Kier molecular flexibility index (Phi) is 4.40. The molecule has 0 radical (unpaired) electrons. The average Bonchev–Trinajstić information content (AvgIpc) is 2.45. The van der Waals surface area contributed by atoms with Crippen molar-refractivity contribution in [1.29, 1.82) is 5.26 Å². The van der Waals surface area contributed by atoms with E-state index in [1.54, 1.807) is 0 Å². The third-order valence-corrected chi connectivity index (χ3v) is 3.65. The topological polar surface area (TPSA) is 64.3 Å². The van der Waals surface area contributed by atoms with E-state index in [2.05, 4.69) is 11.0 Å². The van der Waals surface area contributed by atoms with E-state index in [-0.39, 0.29) is 6.42 Å². The van der Waals surface area contributed by atoms with Crippen LogP contribution in [0.1, 0.15) is 37.7 Å². The largest absolute Gasteiger partial charge is 0.481 e. The second-order valence-corrected chi connectivity index (χ2v) is 4.93. The number of carbonyl (C=O) groups is 1. The number of nitrogens with zero attached hydrogens (tertiary/aromatic N) is 2. The number of carboxylic acids is 1. The lowest BCUT2D eigenvalue weighted by Crippen LogP contribution is -2.39. The van der Waals surface area contributed by atoms with Crippen LogP contribution in [0.15, 0.2) is 24.3 Å². The lowest BCUT2D eigenvalue weighted by molar-refractivity contribution is -0.137. The fourth-order valence-electron chi connectivity index (χ4n) is 2.66. The van der Waals surface area contributed by atoms with E-state index in [0.29, 0.717) is 18.0 Å². The molecule has 1 saturated heterocycles. The average molecular weight is 258 g/mol. The summed E-state index contributed by atoms with van der Waals surface area (Å²) < 4.78 is 0. The molecule has 2 rings (SSSR count). The molecule has 100 valence electrons. The van der Waals surface area contributed by atoms with Gasteiger partial charge in [0.15, 0.2) is 0 Å². The molecule has 1 fully saturated rings. The van der Waals surface area contributed by atoms with Crippen LogP contribution in [0.5, 0.6) is 0 Å². The molecule has 1 unspecified atom stereocenters. The molecule has 0 saturated carbocycles. The first-order chi connectivity index (χ1) is 9.20. The third kappa shape index (κ3) is 3.47. The molecule has 1 aliphatic rings. The summed E-state index contributed by atoms with van der Waals surface area (Å²) in [6, 6.07) is 9.96. The number of benzene rings is 1. The molecule has 0 aliphatic carbocycles. The molecule has 0 amide bonds. The molecule has 1 N–H and O–H groups in total. The normalized spacial score (nSPS) is 18.9. The molecule has 0 aromatic heterocycles. The number of hydrogen-bond donors (Lipinski definition) is 1. The zero-order valence-electron chi connectivity index (χ0n) is 10.9. The van der Waals surface area contributed by atoms with Gasteiger partial charge in [-0.1, -0.05) is 0 Å². The van der Waals surface area contributed by atoms with Crippen molar-refractivity contribution in [1.82, 2.24) is 0 Å². The van der Waals surface area contributed by atoms with Crippen molar-refractivity contribution in [2.75, 3.05) is 11.4 Å². The van der Waals surface area contributed by atoms with Gasteiger partial charge < -0.3 is 10.0 Å². The molecule has 0 spiro atoms. The van der Waals surface area contributed by atoms with E-state index in [1.807, 2.05) is 24.3 Å². The first kappa shape index (κ1) is 13.4. The molecule has 1 atom stereocenters.